The Kier molecular flexibility index (Phi) is 3.94. The van der Waals surface area contributed by atoms with Gasteiger partial charge in [-0.15, -0.1) is 0 Å². The van der Waals surface area contributed by atoms with Gasteiger partial charge in [0.1, 0.15) is 0 Å². The highest BCUT2D eigenvalue weighted by Gasteiger charge is 2.18. The number of hydrogen-bond donors (Lipinski definition) is 2. The van der Waals surface area contributed by atoms with Crippen LogP contribution in [0.3, 0.4) is 0 Å². The minimum atomic E-state index is -3.78. The average Bonchev–Trinajstić information content (AvgIpc) is 2.93. The van der Waals surface area contributed by atoms with E-state index in [-0.39, 0.29) is 10.8 Å². The molecule has 0 bridgehead atoms. The summed E-state index contributed by atoms with van der Waals surface area (Å²) in [5.41, 5.74) is 1.98. The molecule has 124 valence electrons. The summed E-state index contributed by atoms with van der Waals surface area (Å²) in [5, 5.41) is 6.63. The molecule has 2 N–H and O–H groups in total. The van der Waals surface area contributed by atoms with Crippen molar-refractivity contribution in [1.82, 2.24) is 14.6 Å². The Balaban J connectivity index is 1.90. The number of carbonyl (C=O) groups excluding carboxylic acids is 1. The van der Waals surface area contributed by atoms with Crippen LogP contribution in [-0.2, 0) is 14.8 Å². The van der Waals surface area contributed by atoms with E-state index >= 15 is 0 Å². The van der Waals surface area contributed by atoms with Crippen LogP contribution in [0, 0.1) is 6.92 Å². The first-order chi connectivity index (χ1) is 11.3. The molecule has 3 aromatic rings. The van der Waals surface area contributed by atoms with Crippen molar-refractivity contribution in [2.45, 2.75) is 18.7 Å². The zero-order chi connectivity index (χ0) is 17.3. The summed E-state index contributed by atoms with van der Waals surface area (Å²) in [6.07, 6.45) is 4.54. The quantitative estimate of drug-likeness (QED) is 0.750. The summed E-state index contributed by atoms with van der Waals surface area (Å²) in [5.74, 6) is -0.221. The average molecular weight is 345 g/mol. The van der Waals surface area contributed by atoms with Gasteiger partial charge in [-0.1, -0.05) is 0 Å². The molecule has 0 saturated heterocycles. The number of hydrogen-bond acceptors (Lipinski definition) is 5. The SMILES string of the molecule is CC(=O)Nc1ccc(S(=O)(=O)Nc2cnc3ccnn3c2)c(C)c1. The highest BCUT2D eigenvalue weighted by atomic mass is 32.2. The van der Waals surface area contributed by atoms with Gasteiger partial charge < -0.3 is 5.32 Å². The van der Waals surface area contributed by atoms with E-state index in [4.69, 9.17) is 0 Å². The van der Waals surface area contributed by atoms with Gasteiger partial charge in [-0.2, -0.15) is 5.10 Å². The molecule has 2 heterocycles. The van der Waals surface area contributed by atoms with Gasteiger partial charge in [0.25, 0.3) is 10.0 Å². The Morgan fingerprint density at radius 2 is 2.00 bits per heavy atom. The fraction of sp³-hybridized carbons (Fsp3) is 0.133. The number of aromatic nitrogens is 3. The molecule has 9 heteroatoms. The molecule has 0 unspecified atom stereocenters. The second-order valence-corrected chi connectivity index (χ2v) is 6.89. The monoisotopic (exact) mass is 345 g/mol. The summed E-state index contributed by atoms with van der Waals surface area (Å²) < 4.78 is 29.1. The van der Waals surface area contributed by atoms with E-state index in [2.05, 4.69) is 20.1 Å². The van der Waals surface area contributed by atoms with Crippen molar-refractivity contribution in [2.75, 3.05) is 10.0 Å². The predicted octanol–water partition coefficient (Wildman–Crippen LogP) is 1.80. The lowest BCUT2D eigenvalue weighted by molar-refractivity contribution is -0.114. The number of amides is 1. The van der Waals surface area contributed by atoms with Crippen molar-refractivity contribution in [1.29, 1.82) is 0 Å². The van der Waals surface area contributed by atoms with Gasteiger partial charge >= 0.3 is 0 Å². The van der Waals surface area contributed by atoms with Crippen molar-refractivity contribution in [3.63, 3.8) is 0 Å². The molecule has 2 aromatic heterocycles. The first-order valence-electron chi connectivity index (χ1n) is 7.05. The molecule has 0 aliphatic carbocycles. The van der Waals surface area contributed by atoms with E-state index in [1.54, 1.807) is 31.5 Å². The molecule has 0 atom stereocenters. The molecule has 0 radical (unpaired) electrons. The van der Waals surface area contributed by atoms with Gasteiger partial charge in [0.2, 0.25) is 5.91 Å². The molecule has 1 amide bonds. The maximum absolute atomic E-state index is 12.6. The Bertz CT molecular complexity index is 1030. The minimum Gasteiger partial charge on any atom is -0.326 e. The van der Waals surface area contributed by atoms with Gasteiger partial charge in [-0.25, -0.2) is 17.9 Å². The summed E-state index contributed by atoms with van der Waals surface area (Å²) in [4.78, 5) is 15.3. The van der Waals surface area contributed by atoms with Gasteiger partial charge in [-0.05, 0) is 30.7 Å². The summed E-state index contributed by atoms with van der Waals surface area (Å²) in [6.45, 7) is 3.05. The Morgan fingerprint density at radius 3 is 2.71 bits per heavy atom. The van der Waals surface area contributed by atoms with Crippen LogP contribution in [0.2, 0.25) is 0 Å². The number of fused-ring (bicyclic) bond motifs is 1. The Hall–Kier alpha value is -2.94. The summed E-state index contributed by atoms with van der Waals surface area (Å²) in [6, 6.07) is 6.30. The molecule has 0 aliphatic heterocycles. The van der Waals surface area contributed by atoms with Gasteiger partial charge in [0.15, 0.2) is 5.65 Å². The first-order valence-corrected chi connectivity index (χ1v) is 8.54. The number of benzene rings is 1. The van der Waals surface area contributed by atoms with E-state index in [1.807, 2.05) is 0 Å². The number of anilines is 2. The number of rotatable bonds is 4. The molecular formula is C15H15N5O3S. The number of carbonyl (C=O) groups is 1. The topological polar surface area (TPSA) is 105 Å². The number of nitrogens with zero attached hydrogens (tertiary/aromatic N) is 3. The van der Waals surface area contributed by atoms with E-state index < -0.39 is 10.0 Å². The Morgan fingerprint density at radius 1 is 1.21 bits per heavy atom. The molecule has 0 spiro atoms. The lowest BCUT2D eigenvalue weighted by Crippen LogP contribution is -2.15. The fourth-order valence-electron chi connectivity index (χ4n) is 2.30. The molecule has 0 aliphatic rings. The van der Waals surface area contributed by atoms with Crippen LogP contribution in [0.4, 0.5) is 11.4 Å². The highest BCUT2D eigenvalue weighted by molar-refractivity contribution is 7.92. The number of nitrogens with one attached hydrogen (secondary N) is 2. The lowest BCUT2D eigenvalue weighted by Gasteiger charge is -2.12. The highest BCUT2D eigenvalue weighted by Crippen LogP contribution is 2.22. The molecule has 0 fully saturated rings. The molecule has 8 nitrogen and oxygen atoms in total. The second-order valence-electron chi connectivity index (χ2n) is 5.24. The third kappa shape index (κ3) is 3.20. The Labute approximate surface area is 138 Å². The van der Waals surface area contributed by atoms with Crippen molar-refractivity contribution in [3.8, 4) is 0 Å². The van der Waals surface area contributed by atoms with Crippen molar-refractivity contribution >= 4 is 33.0 Å². The largest absolute Gasteiger partial charge is 0.326 e. The predicted molar refractivity (Wildman–Crippen MR) is 89.3 cm³/mol. The maximum Gasteiger partial charge on any atom is 0.262 e. The number of aryl methyl sites for hydroxylation is 1. The minimum absolute atomic E-state index is 0.122. The third-order valence-corrected chi connectivity index (χ3v) is 4.83. The fourth-order valence-corrected chi connectivity index (χ4v) is 3.56. The van der Waals surface area contributed by atoms with E-state index in [0.29, 0.717) is 22.6 Å². The summed E-state index contributed by atoms with van der Waals surface area (Å²) in [7, 11) is -3.78. The van der Waals surface area contributed by atoms with Crippen molar-refractivity contribution in [3.05, 3.63) is 48.4 Å². The standard InChI is InChI=1S/C15H15N5O3S/c1-10-7-12(18-11(2)21)3-4-14(10)24(22,23)19-13-8-16-15-5-6-17-20(15)9-13/h3-9,19H,1-2H3,(H,18,21). The van der Waals surface area contributed by atoms with Gasteiger partial charge in [0.05, 0.1) is 29.2 Å². The van der Waals surface area contributed by atoms with Crippen molar-refractivity contribution < 1.29 is 13.2 Å². The van der Waals surface area contributed by atoms with E-state index in [1.165, 1.54) is 29.8 Å². The van der Waals surface area contributed by atoms with Crippen LogP contribution in [0.1, 0.15) is 12.5 Å². The second kappa shape index (κ2) is 5.93. The zero-order valence-corrected chi connectivity index (χ0v) is 13.8. The molecule has 24 heavy (non-hydrogen) atoms. The van der Waals surface area contributed by atoms with E-state index in [0.717, 1.165) is 0 Å². The van der Waals surface area contributed by atoms with Crippen LogP contribution in [-0.4, -0.2) is 28.9 Å². The molecule has 3 rings (SSSR count). The van der Waals surface area contributed by atoms with Crippen LogP contribution in [0.25, 0.3) is 5.65 Å². The smallest absolute Gasteiger partial charge is 0.262 e. The maximum atomic E-state index is 12.6. The zero-order valence-electron chi connectivity index (χ0n) is 13.0. The van der Waals surface area contributed by atoms with Gasteiger partial charge in [-0.3, -0.25) is 9.52 Å². The van der Waals surface area contributed by atoms with Crippen LogP contribution in [0.5, 0.6) is 0 Å². The van der Waals surface area contributed by atoms with Crippen LogP contribution < -0.4 is 10.0 Å². The first kappa shape index (κ1) is 15.9. The van der Waals surface area contributed by atoms with Crippen LogP contribution in [0.15, 0.2) is 47.8 Å². The summed E-state index contributed by atoms with van der Waals surface area (Å²) >= 11 is 0. The molecular weight excluding hydrogens is 330 g/mol. The number of sulfonamides is 1. The lowest BCUT2D eigenvalue weighted by atomic mass is 10.2. The molecule has 1 aromatic carbocycles. The molecule has 0 saturated carbocycles. The van der Waals surface area contributed by atoms with Gasteiger partial charge in [0, 0.05) is 18.7 Å². The third-order valence-electron chi connectivity index (χ3n) is 3.28. The normalized spacial score (nSPS) is 11.4. The van der Waals surface area contributed by atoms with Crippen LogP contribution >= 0.6 is 0 Å². The van der Waals surface area contributed by atoms with Crippen molar-refractivity contribution in [2.24, 2.45) is 0 Å². The van der Waals surface area contributed by atoms with E-state index in [9.17, 15) is 13.2 Å².